The first-order chi connectivity index (χ1) is 16.2. The lowest BCUT2D eigenvalue weighted by Crippen LogP contribution is -2.47. The molecule has 2 aromatic rings. The number of fused-ring (bicyclic) bond motifs is 1. The molecule has 2 aliphatic rings. The van der Waals surface area contributed by atoms with Crippen molar-refractivity contribution in [2.45, 2.75) is 82.7 Å². The topological polar surface area (TPSA) is 131 Å². The van der Waals surface area contributed by atoms with E-state index in [-0.39, 0.29) is 22.1 Å². The second-order valence-corrected chi connectivity index (χ2v) is 11.4. The summed E-state index contributed by atoms with van der Waals surface area (Å²) in [5, 5.41) is 6.64. The van der Waals surface area contributed by atoms with E-state index in [2.05, 4.69) is 27.1 Å². The van der Waals surface area contributed by atoms with Crippen LogP contribution in [0.4, 0.5) is 0 Å². The van der Waals surface area contributed by atoms with Crippen LogP contribution in [0.3, 0.4) is 0 Å². The number of aromatic nitrogens is 2. The second kappa shape index (κ2) is 9.58. The van der Waals surface area contributed by atoms with Crippen LogP contribution in [0.5, 0.6) is 0 Å². The number of nitrogens with one attached hydrogen (secondary N) is 2. The molecule has 10 heteroatoms. The van der Waals surface area contributed by atoms with Gasteiger partial charge < -0.3 is 9.84 Å². The third-order valence-corrected chi connectivity index (χ3v) is 8.64. The number of ketones is 1. The molecular formula is C24H32N4O5S. The minimum absolute atomic E-state index is 0.0702. The number of hydrogen-bond donors (Lipinski definition) is 2. The largest absolute Gasteiger partial charge is 0.345 e. The smallest absolute Gasteiger partial charge is 0.296 e. The molecule has 34 heavy (non-hydrogen) atoms. The van der Waals surface area contributed by atoms with Crippen LogP contribution in [0.2, 0.25) is 0 Å². The third kappa shape index (κ3) is 4.79. The average molecular weight is 489 g/mol. The lowest BCUT2D eigenvalue weighted by Gasteiger charge is -2.32. The highest BCUT2D eigenvalue weighted by molar-refractivity contribution is 7.89. The lowest BCUT2D eigenvalue weighted by atomic mass is 9.75. The van der Waals surface area contributed by atoms with Crippen LogP contribution in [0.1, 0.15) is 87.4 Å². The number of rotatable bonds is 9. The Morgan fingerprint density at radius 3 is 2.59 bits per heavy atom. The van der Waals surface area contributed by atoms with Gasteiger partial charge in [0.05, 0.1) is 22.9 Å². The Bertz CT molecular complexity index is 1170. The zero-order valence-corrected chi connectivity index (χ0v) is 20.7. The maximum Gasteiger partial charge on any atom is 0.296 e. The van der Waals surface area contributed by atoms with E-state index in [0.717, 1.165) is 25.7 Å². The van der Waals surface area contributed by atoms with Crippen molar-refractivity contribution in [2.24, 2.45) is 11.3 Å². The molecule has 1 amide bonds. The fourth-order valence-electron chi connectivity index (χ4n) is 5.18. The number of aryl methyl sites for hydroxylation is 1. The Hall–Kier alpha value is -2.59. The molecule has 1 aromatic carbocycles. The van der Waals surface area contributed by atoms with E-state index < -0.39 is 33.8 Å². The highest BCUT2D eigenvalue weighted by atomic mass is 32.2. The minimum atomic E-state index is -3.71. The van der Waals surface area contributed by atoms with Gasteiger partial charge in [-0.25, -0.2) is 13.1 Å². The maximum atomic E-state index is 13.7. The summed E-state index contributed by atoms with van der Waals surface area (Å²) < 4.78 is 33.4. The summed E-state index contributed by atoms with van der Waals surface area (Å²) in [6.45, 7) is 5.80. The van der Waals surface area contributed by atoms with Crippen LogP contribution >= 0.6 is 0 Å². The zero-order valence-electron chi connectivity index (χ0n) is 19.8. The van der Waals surface area contributed by atoms with Crippen LogP contribution in [0.25, 0.3) is 0 Å². The van der Waals surface area contributed by atoms with Crippen LogP contribution in [0.15, 0.2) is 33.7 Å². The highest BCUT2D eigenvalue weighted by Gasteiger charge is 2.45. The van der Waals surface area contributed by atoms with Crippen molar-refractivity contribution in [2.75, 3.05) is 0 Å². The molecule has 0 saturated heterocycles. The van der Waals surface area contributed by atoms with Gasteiger partial charge in [-0.05, 0) is 42.7 Å². The molecule has 1 aliphatic carbocycles. The summed E-state index contributed by atoms with van der Waals surface area (Å²) in [4.78, 5) is 31.0. The number of carbonyl (C=O) groups excluding carboxylic acids is 2. The van der Waals surface area contributed by atoms with Crippen LogP contribution < -0.4 is 10.0 Å². The van der Waals surface area contributed by atoms with Crippen molar-refractivity contribution in [3.63, 3.8) is 0 Å². The predicted molar refractivity (Wildman–Crippen MR) is 124 cm³/mol. The molecule has 1 unspecified atom stereocenters. The minimum Gasteiger partial charge on any atom is -0.345 e. The fraction of sp³-hybridized carbons (Fsp3) is 0.583. The van der Waals surface area contributed by atoms with Gasteiger partial charge in [0.1, 0.15) is 0 Å². The number of carbonyl (C=O) groups is 2. The van der Waals surface area contributed by atoms with Gasteiger partial charge in [0.25, 0.3) is 5.89 Å². The average Bonchev–Trinajstić information content (AvgIpc) is 3.54. The molecule has 1 aromatic heterocycles. The predicted octanol–water partition coefficient (Wildman–Crippen LogP) is 3.33. The monoisotopic (exact) mass is 488 g/mol. The first kappa shape index (κ1) is 24.5. The molecule has 1 aliphatic heterocycles. The van der Waals surface area contributed by atoms with Crippen molar-refractivity contribution < 1.29 is 22.5 Å². The first-order valence-electron chi connectivity index (χ1n) is 12.0. The molecule has 2 heterocycles. The molecule has 2 N–H and O–H groups in total. The molecule has 0 spiro atoms. The molecule has 0 radical (unpaired) electrons. The summed E-state index contributed by atoms with van der Waals surface area (Å²) in [6.07, 6.45) is 5.53. The van der Waals surface area contributed by atoms with E-state index in [9.17, 15) is 18.0 Å². The van der Waals surface area contributed by atoms with E-state index >= 15 is 0 Å². The molecular weight excluding hydrogens is 456 g/mol. The van der Waals surface area contributed by atoms with Gasteiger partial charge in [0.15, 0.2) is 5.82 Å². The van der Waals surface area contributed by atoms with Crippen LogP contribution in [-0.4, -0.2) is 36.3 Å². The maximum absolute atomic E-state index is 13.7. The third-order valence-electron chi connectivity index (χ3n) is 7.12. The van der Waals surface area contributed by atoms with Crippen molar-refractivity contribution in [3.05, 3.63) is 41.5 Å². The van der Waals surface area contributed by atoms with Gasteiger partial charge in [-0.2, -0.15) is 4.98 Å². The van der Waals surface area contributed by atoms with Gasteiger partial charge >= 0.3 is 0 Å². The molecule has 4 rings (SSSR count). The van der Waals surface area contributed by atoms with Crippen LogP contribution in [-0.2, 0) is 21.2 Å². The summed E-state index contributed by atoms with van der Waals surface area (Å²) in [5.41, 5.74) is 0.521. The number of benzene rings is 1. The summed E-state index contributed by atoms with van der Waals surface area (Å²) in [7, 11) is -3.71. The number of hydrogen-bond acceptors (Lipinski definition) is 7. The Kier molecular flexibility index (Phi) is 6.91. The van der Waals surface area contributed by atoms with E-state index in [0.29, 0.717) is 30.7 Å². The zero-order chi connectivity index (χ0) is 24.5. The Morgan fingerprint density at radius 1 is 1.24 bits per heavy atom. The number of nitrogens with zero attached hydrogens (tertiary/aromatic N) is 2. The van der Waals surface area contributed by atoms with Crippen molar-refractivity contribution in [1.82, 2.24) is 20.2 Å². The van der Waals surface area contributed by atoms with Gasteiger partial charge in [-0.1, -0.05) is 57.0 Å². The molecule has 3 atom stereocenters. The van der Waals surface area contributed by atoms with E-state index in [1.165, 1.54) is 0 Å². The van der Waals surface area contributed by atoms with E-state index in [4.69, 9.17) is 4.52 Å². The Balaban J connectivity index is 1.62. The quantitative estimate of drug-likeness (QED) is 0.518. The van der Waals surface area contributed by atoms with Gasteiger partial charge in [0, 0.05) is 6.42 Å². The number of sulfonamides is 1. The summed E-state index contributed by atoms with van der Waals surface area (Å²) >= 11 is 0. The first-order valence-corrected chi connectivity index (χ1v) is 13.4. The van der Waals surface area contributed by atoms with E-state index in [1.54, 1.807) is 31.2 Å². The highest BCUT2D eigenvalue weighted by Crippen LogP contribution is 2.47. The molecule has 1 fully saturated rings. The van der Waals surface area contributed by atoms with Crippen LogP contribution in [0, 0.1) is 11.3 Å². The number of Topliss-reactive ketones (excluding diaryl/α,β-unsaturated/α-hetero) is 1. The Morgan fingerprint density at radius 2 is 1.94 bits per heavy atom. The summed E-state index contributed by atoms with van der Waals surface area (Å²) in [5.74, 6) is -1.17. The van der Waals surface area contributed by atoms with Gasteiger partial charge in [-0.3, -0.25) is 9.59 Å². The SMILES string of the molecule is CCc1noc(C(=O)[C@H](CC)NC(=O)[C@H](CC2(C)CCCC2)C2NS(=O)(=O)c3ccccc32)n1. The fourth-order valence-corrected chi connectivity index (χ4v) is 6.69. The molecule has 9 nitrogen and oxygen atoms in total. The number of amides is 1. The standard InChI is InChI=1S/C24H32N4O5S/c1-4-17(21(29)23-26-19(5-2)27-33-23)25-22(30)16(14-24(3)12-8-9-13-24)20-15-10-6-7-11-18(15)34(31,32)28-20/h6-7,10-11,16-17,20,28H,4-5,8-9,12-14H2,1-3H3,(H,25,30)/t16-,17+,20?/m1/s1. The van der Waals surface area contributed by atoms with Gasteiger partial charge in [0.2, 0.25) is 21.7 Å². The molecule has 0 bridgehead atoms. The molecule has 1 saturated carbocycles. The van der Waals surface area contributed by atoms with Crippen molar-refractivity contribution in [1.29, 1.82) is 0 Å². The van der Waals surface area contributed by atoms with Gasteiger partial charge in [-0.15, -0.1) is 0 Å². The normalized spacial score (nSPS) is 22.1. The Labute approximate surface area is 200 Å². The summed E-state index contributed by atoms with van der Waals surface area (Å²) in [6, 6.07) is 5.23. The van der Waals surface area contributed by atoms with E-state index in [1.807, 2.05) is 6.92 Å². The lowest BCUT2D eigenvalue weighted by molar-refractivity contribution is -0.127. The van der Waals surface area contributed by atoms with Crippen molar-refractivity contribution >= 4 is 21.7 Å². The molecule has 184 valence electrons. The second-order valence-electron chi connectivity index (χ2n) is 9.67. The van der Waals surface area contributed by atoms with Crippen molar-refractivity contribution in [3.8, 4) is 0 Å².